The summed E-state index contributed by atoms with van der Waals surface area (Å²) in [7, 11) is -8.15. The number of sulfonamides is 2. The van der Waals surface area contributed by atoms with Crippen LogP contribution in [0, 0.1) is 5.82 Å². The van der Waals surface area contributed by atoms with Gasteiger partial charge in [-0.25, -0.2) is 21.2 Å². The third-order valence-corrected chi connectivity index (χ3v) is 5.14. The van der Waals surface area contributed by atoms with Gasteiger partial charge in [-0.1, -0.05) is 18.2 Å². The highest BCUT2D eigenvalue weighted by Gasteiger charge is 2.19. The van der Waals surface area contributed by atoms with Crippen molar-refractivity contribution in [1.82, 2.24) is 9.66 Å². The molecule has 0 saturated carbocycles. The molecule has 0 heterocycles. The fourth-order valence-corrected chi connectivity index (χ4v) is 3.56. The van der Waals surface area contributed by atoms with Crippen molar-refractivity contribution in [3.8, 4) is 0 Å². The van der Waals surface area contributed by atoms with Crippen molar-refractivity contribution >= 4 is 20.0 Å². The minimum absolute atomic E-state index is 0.0909. The van der Waals surface area contributed by atoms with Crippen molar-refractivity contribution in [2.75, 3.05) is 0 Å². The molecule has 0 aliphatic heterocycles. The Balaban J connectivity index is 2.17. The average Bonchev–Trinajstić information content (AvgIpc) is 2.47. The molecule has 21 heavy (non-hydrogen) atoms. The van der Waals surface area contributed by atoms with Crippen molar-refractivity contribution in [3.63, 3.8) is 0 Å². The number of hydrazine groups is 1. The maximum Gasteiger partial charge on any atom is 0.254 e. The lowest BCUT2D eigenvalue weighted by Gasteiger charge is -2.09. The molecule has 0 saturated heterocycles. The molecule has 0 radical (unpaired) electrons. The Morgan fingerprint density at radius 1 is 0.667 bits per heavy atom. The predicted molar refractivity (Wildman–Crippen MR) is 73.5 cm³/mol. The molecule has 0 amide bonds. The summed E-state index contributed by atoms with van der Waals surface area (Å²) >= 11 is 0. The van der Waals surface area contributed by atoms with Crippen molar-refractivity contribution in [3.05, 3.63) is 60.4 Å². The minimum Gasteiger partial charge on any atom is -0.207 e. The van der Waals surface area contributed by atoms with Crippen LogP contribution < -0.4 is 9.66 Å². The number of halogens is 1. The maximum atomic E-state index is 12.7. The number of rotatable bonds is 5. The Morgan fingerprint density at radius 2 is 1.10 bits per heavy atom. The Morgan fingerprint density at radius 3 is 1.57 bits per heavy atom. The first-order valence-electron chi connectivity index (χ1n) is 5.65. The van der Waals surface area contributed by atoms with Gasteiger partial charge in [-0.3, -0.25) is 0 Å². The van der Waals surface area contributed by atoms with Crippen molar-refractivity contribution in [2.45, 2.75) is 9.79 Å². The second kappa shape index (κ2) is 5.90. The van der Waals surface area contributed by atoms with Gasteiger partial charge in [0.25, 0.3) is 20.0 Å². The molecule has 2 rings (SSSR count). The number of hydrogen-bond acceptors (Lipinski definition) is 4. The van der Waals surface area contributed by atoms with Gasteiger partial charge in [-0.05, 0) is 36.4 Å². The molecule has 9 heteroatoms. The average molecular weight is 330 g/mol. The molecule has 0 fully saturated rings. The van der Waals surface area contributed by atoms with E-state index in [0.717, 1.165) is 24.3 Å². The molecule has 0 aliphatic carbocycles. The Labute approximate surface area is 121 Å². The zero-order valence-corrected chi connectivity index (χ0v) is 12.2. The Kier molecular flexibility index (Phi) is 4.37. The third kappa shape index (κ3) is 3.85. The zero-order valence-electron chi connectivity index (χ0n) is 10.5. The molecule has 0 aromatic heterocycles. The lowest BCUT2D eigenvalue weighted by atomic mass is 10.4. The number of nitrogens with one attached hydrogen (secondary N) is 2. The summed E-state index contributed by atoms with van der Waals surface area (Å²) < 4.78 is 60.2. The summed E-state index contributed by atoms with van der Waals surface area (Å²) in [4.78, 5) is 3.16. The van der Waals surface area contributed by atoms with E-state index in [9.17, 15) is 21.2 Å². The van der Waals surface area contributed by atoms with Crippen LogP contribution >= 0.6 is 0 Å². The van der Waals surface area contributed by atoms with E-state index in [1.807, 2.05) is 0 Å². The molecule has 0 atom stereocenters. The van der Waals surface area contributed by atoms with Gasteiger partial charge in [0.1, 0.15) is 5.82 Å². The molecule has 0 unspecified atom stereocenters. The number of hydrogen-bond donors (Lipinski definition) is 2. The molecule has 6 nitrogen and oxygen atoms in total. The first-order valence-corrected chi connectivity index (χ1v) is 8.62. The second-order valence-electron chi connectivity index (χ2n) is 3.98. The van der Waals surface area contributed by atoms with E-state index in [4.69, 9.17) is 0 Å². The van der Waals surface area contributed by atoms with Crippen LogP contribution in [0.1, 0.15) is 0 Å². The van der Waals surface area contributed by atoms with Gasteiger partial charge in [0.05, 0.1) is 9.79 Å². The molecule has 0 bridgehead atoms. The monoisotopic (exact) mass is 330 g/mol. The molecule has 0 aliphatic rings. The topological polar surface area (TPSA) is 92.3 Å². The molecule has 112 valence electrons. The van der Waals surface area contributed by atoms with E-state index in [2.05, 4.69) is 0 Å². The first kappa shape index (κ1) is 15.6. The normalized spacial score (nSPS) is 12.2. The second-order valence-corrected chi connectivity index (χ2v) is 7.34. The van der Waals surface area contributed by atoms with E-state index >= 15 is 0 Å². The van der Waals surface area contributed by atoms with Crippen LogP contribution in [0.25, 0.3) is 0 Å². The van der Waals surface area contributed by atoms with Gasteiger partial charge >= 0.3 is 0 Å². The smallest absolute Gasteiger partial charge is 0.207 e. The Hall–Kier alpha value is -1.81. The quantitative estimate of drug-likeness (QED) is 0.800. The van der Waals surface area contributed by atoms with Crippen LogP contribution in [0.3, 0.4) is 0 Å². The van der Waals surface area contributed by atoms with E-state index in [1.165, 1.54) is 24.3 Å². The SMILES string of the molecule is O=S(=O)(NNS(=O)(=O)c1ccc(F)cc1)c1ccccc1. The molecular formula is C12H11FN2O4S2. The lowest BCUT2D eigenvalue weighted by molar-refractivity contribution is 0.557. The fraction of sp³-hybridized carbons (Fsp3) is 0. The van der Waals surface area contributed by atoms with Crippen LogP contribution in [-0.4, -0.2) is 16.8 Å². The maximum absolute atomic E-state index is 12.7. The summed E-state index contributed by atoms with van der Waals surface area (Å²) in [5.74, 6) is -0.598. The van der Waals surface area contributed by atoms with Crippen LogP contribution in [0.5, 0.6) is 0 Å². The predicted octanol–water partition coefficient (Wildman–Crippen LogP) is 0.997. The highest BCUT2D eigenvalue weighted by atomic mass is 32.2. The van der Waals surface area contributed by atoms with Gasteiger partial charge in [0.15, 0.2) is 0 Å². The van der Waals surface area contributed by atoms with E-state index in [1.54, 1.807) is 15.7 Å². The Bertz CT molecular complexity index is 819. The summed E-state index contributed by atoms with van der Waals surface area (Å²) in [6, 6.07) is 11.2. The largest absolute Gasteiger partial charge is 0.254 e. The first-order chi connectivity index (χ1) is 9.81. The standard InChI is InChI=1S/C12H11FN2O4S2/c13-10-6-8-12(9-7-10)21(18,19)15-14-20(16,17)11-4-2-1-3-5-11/h1-9,14-15H. The van der Waals surface area contributed by atoms with Crippen LogP contribution in [0.4, 0.5) is 4.39 Å². The van der Waals surface area contributed by atoms with E-state index in [0.29, 0.717) is 0 Å². The summed E-state index contributed by atoms with van der Waals surface area (Å²) in [6.45, 7) is 0. The zero-order chi connectivity index (χ0) is 15.5. The fourth-order valence-electron chi connectivity index (χ4n) is 1.44. The van der Waals surface area contributed by atoms with Crippen molar-refractivity contribution < 1.29 is 21.2 Å². The summed E-state index contributed by atoms with van der Waals surface area (Å²) in [5, 5.41) is 0. The van der Waals surface area contributed by atoms with Crippen LogP contribution in [0.15, 0.2) is 64.4 Å². The van der Waals surface area contributed by atoms with Gasteiger partial charge in [-0.2, -0.15) is 0 Å². The minimum atomic E-state index is -4.13. The summed E-state index contributed by atoms with van der Waals surface area (Å²) in [5.41, 5.74) is 0. The molecule has 2 aromatic rings. The lowest BCUT2D eigenvalue weighted by Crippen LogP contribution is -2.41. The van der Waals surface area contributed by atoms with Crippen LogP contribution in [-0.2, 0) is 20.0 Å². The number of benzene rings is 2. The van der Waals surface area contributed by atoms with Gasteiger partial charge in [0, 0.05) is 0 Å². The van der Waals surface area contributed by atoms with Gasteiger partial charge < -0.3 is 0 Å². The van der Waals surface area contributed by atoms with E-state index in [-0.39, 0.29) is 9.79 Å². The van der Waals surface area contributed by atoms with E-state index < -0.39 is 25.9 Å². The highest BCUT2D eigenvalue weighted by Crippen LogP contribution is 2.10. The molecule has 0 spiro atoms. The highest BCUT2D eigenvalue weighted by molar-refractivity contribution is 7.92. The van der Waals surface area contributed by atoms with Crippen molar-refractivity contribution in [2.24, 2.45) is 0 Å². The molecule has 2 N–H and O–H groups in total. The van der Waals surface area contributed by atoms with Gasteiger partial charge in [-0.15, -0.1) is 9.66 Å². The molecule has 2 aromatic carbocycles. The molecular weight excluding hydrogens is 319 g/mol. The van der Waals surface area contributed by atoms with Gasteiger partial charge in [0.2, 0.25) is 0 Å². The van der Waals surface area contributed by atoms with Crippen LogP contribution in [0.2, 0.25) is 0 Å². The van der Waals surface area contributed by atoms with Crippen molar-refractivity contribution in [1.29, 1.82) is 0 Å². The summed E-state index contributed by atoms with van der Waals surface area (Å²) in [6.07, 6.45) is 0. The third-order valence-electron chi connectivity index (χ3n) is 2.49.